The summed E-state index contributed by atoms with van der Waals surface area (Å²) >= 11 is 0. The van der Waals surface area contributed by atoms with Gasteiger partial charge in [-0.25, -0.2) is 27.9 Å². The standard InChI is InChI=1S/C34H45N3O6S/c1-32(2,3)24-20-18-23(19-21-24)22-35-29(44(41,42)25-14-11-10-12-15-25)26-16-13-17-27(36-26)37(31(40)43-34(7,8)9)28(30(38)39)33(4,5)6/h10-21,28-29,35H,22H2,1-9H3,(H,38,39). The van der Waals surface area contributed by atoms with Gasteiger partial charge < -0.3 is 9.84 Å². The van der Waals surface area contributed by atoms with Crippen LogP contribution in [0.4, 0.5) is 10.6 Å². The van der Waals surface area contributed by atoms with Gasteiger partial charge in [0.2, 0.25) is 0 Å². The van der Waals surface area contributed by atoms with Crippen molar-refractivity contribution in [3.05, 3.63) is 89.6 Å². The third-order valence-corrected chi connectivity index (χ3v) is 8.83. The molecule has 0 aliphatic carbocycles. The molecule has 238 valence electrons. The summed E-state index contributed by atoms with van der Waals surface area (Å²) in [7, 11) is -4.04. The summed E-state index contributed by atoms with van der Waals surface area (Å²) in [6.45, 7) is 16.7. The number of nitrogens with one attached hydrogen (secondary N) is 1. The van der Waals surface area contributed by atoms with E-state index in [2.05, 4.69) is 31.1 Å². The Morgan fingerprint density at radius 1 is 0.864 bits per heavy atom. The largest absolute Gasteiger partial charge is 0.480 e. The van der Waals surface area contributed by atoms with Gasteiger partial charge in [-0.3, -0.25) is 5.32 Å². The molecule has 0 saturated heterocycles. The highest BCUT2D eigenvalue weighted by Crippen LogP contribution is 2.33. The number of nitrogens with zero attached hydrogens (tertiary/aromatic N) is 2. The Hall–Kier alpha value is -3.76. The lowest BCUT2D eigenvalue weighted by molar-refractivity contribution is -0.141. The Morgan fingerprint density at radius 3 is 1.95 bits per heavy atom. The van der Waals surface area contributed by atoms with Gasteiger partial charge in [-0.15, -0.1) is 0 Å². The molecule has 3 rings (SSSR count). The van der Waals surface area contributed by atoms with E-state index in [1.165, 1.54) is 18.2 Å². The monoisotopic (exact) mass is 623 g/mol. The number of hydrogen-bond donors (Lipinski definition) is 2. The van der Waals surface area contributed by atoms with E-state index in [1.807, 2.05) is 24.3 Å². The lowest BCUT2D eigenvalue weighted by atomic mass is 9.85. The fraction of sp³-hybridized carbons (Fsp3) is 0.441. The minimum atomic E-state index is -4.04. The van der Waals surface area contributed by atoms with Crippen molar-refractivity contribution in [3.8, 4) is 0 Å². The number of carbonyl (C=O) groups excluding carboxylic acids is 1. The molecule has 1 aromatic heterocycles. The molecule has 0 aliphatic rings. The van der Waals surface area contributed by atoms with Gasteiger partial charge in [-0.2, -0.15) is 0 Å². The van der Waals surface area contributed by atoms with Crippen LogP contribution in [-0.2, 0) is 31.3 Å². The molecule has 2 unspecified atom stereocenters. The summed E-state index contributed by atoms with van der Waals surface area (Å²) in [5.41, 5.74) is 0.250. The SMILES string of the molecule is CC(C)(C)OC(=O)N(c1cccc(C(NCc2ccc(C(C)(C)C)cc2)S(=O)(=O)c2ccccc2)n1)C(C(=O)O)C(C)(C)C. The fourth-order valence-electron chi connectivity index (χ4n) is 4.68. The maximum Gasteiger partial charge on any atom is 0.416 e. The number of sulfone groups is 1. The Balaban J connectivity index is 2.14. The molecule has 0 saturated carbocycles. The molecule has 1 amide bonds. The van der Waals surface area contributed by atoms with E-state index in [0.717, 1.165) is 16.0 Å². The van der Waals surface area contributed by atoms with Crippen LogP contribution in [-0.4, -0.2) is 42.2 Å². The lowest BCUT2D eigenvalue weighted by Gasteiger charge is -2.37. The second-order valence-corrected chi connectivity index (χ2v) is 16.0. The fourth-order valence-corrected chi connectivity index (χ4v) is 6.24. The van der Waals surface area contributed by atoms with Crippen LogP contribution < -0.4 is 10.2 Å². The molecule has 2 atom stereocenters. The zero-order valence-corrected chi connectivity index (χ0v) is 27.9. The summed E-state index contributed by atoms with van der Waals surface area (Å²) in [5.74, 6) is -1.29. The normalized spacial score (nSPS) is 14.0. The number of amides is 1. The zero-order chi connectivity index (χ0) is 33.1. The van der Waals surface area contributed by atoms with Crippen LogP contribution in [0.5, 0.6) is 0 Å². The van der Waals surface area contributed by atoms with E-state index in [4.69, 9.17) is 4.74 Å². The highest BCUT2D eigenvalue weighted by atomic mass is 32.2. The number of aromatic nitrogens is 1. The summed E-state index contributed by atoms with van der Waals surface area (Å²) < 4.78 is 33.7. The Bertz CT molecular complexity index is 1550. The molecular formula is C34H45N3O6S. The first-order valence-electron chi connectivity index (χ1n) is 14.6. The molecule has 1 heterocycles. The van der Waals surface area contributed by atoms with Gasteiger partial charge in [0.1, 0.15) is 17.5 Å². The van der Waals surface area contributed by atoms with E-state index in [1.54, 1.807) is 71.9 Å². The number of carboxylic acid groups (broad SMARTS) is 1. The van der Waals surface area contributed by atoms with Crippen LogP contribution in [0.3, 0.4) is 0 Å². The highest BCUT2D eigenvalue weighted by molar-refractivity contribution is 7.91. The molecule has 44 heavy (non-hydrogen) atoms. The lowest BCUT2D eigenvalue weighted by Crippen LogP contribution is -2.54. The molecule has 10 heteroatoms. The second kappa shape index (κ2) is 13.1. The van der Waals surface area contributed by atoms with E-state index in [9.17, 15) is 23.1 Å². The van der Waals surface area contributed by atoms with E-state index in [-0.39, 0.29) is 28.4 Å². The number of ether oxygens (including phenoxy) is 1. The molecule has 0 fully saturated rings. The van der Waals surface area contributed by atoms with Gasteiger partial charge in [0.15, 0.2) is 15.2 Å². The van der Waals surface area contributed by atoms with Crippen molar-refractivity contribution in [2.24, 2.45) is 5.41 Å². The topological polar surface area (TPSA) is 126 Å². The van der Waals surface area contributed by atoms with Crippen molar-refractivity contribution in [1.82, 2.24) is 10.3 Å². The number of carbonyl (C=O) groups is 2. The molecule has 0 bridgehead atoms. The smallest absolute Gasteiger partial charge is 0.416 e. The molecule has 2 N–H and O–H groups in total. The number of rotatable bonds is 9. The first-order valence-corrected chi connectivity index (χ1v) is 16.1. The molecule has 2 aromatic carbocycles. The summed E-state index contributed by atoms with van der Waals surface area (Å²) in [6, 6.07) is 19.2. The van der Waals surface area contributed by atoms with Gasteiger partial charge in [-0.1, -0.05) is 90.1 Å². The molecule has 0 spiro atoms. The van der Waals surface area contributed by atoms with Crippen molar-refractivity contribution in [2.45, 2.75) is 96.2 Å². The number of aliphatic carboxylic acids is 1. The summed E-state index contributed by atoms with van der Waals surface area (Å²) in [5, 5.41) is 12.1. The maximum atomic E-state index is 14.0. The molecule has 9 nitrogen and oxygen atoms in total. The minimum absolute atomic E-state index is 0.0314. The van der Waals surface area contributed by atoms with Crippen molar-refractivity contribution in [1.29, 1.82) is 0 Å². The summed E-state index contributed by atoms with van der Waals surface area (Å²) in [6.07, 6.45) is -0.904. The number of hydrogen-bond acceptors (Lipinski definition) is 7. The first kappa shape index (κ1) is 34.7. The summed E-state index contributed by atoms with van der Waals surface area (Å²) in [4.78, 5) is 31.8. The maximum absolute atomic E-state index is 14.0. The highest BCUT2D eigenvalue weighted by Gasteiger charge is 2.43. The van der Waals surface area contributed by atoms with E-state index in [0.29, 0.717) is 0 Å². The van der Waals surface area contributed by atoms with Crippen molar-refractivity contribution >= 4 is 27.7 Å². The Kier molecular flexibility index (Phi) is 10.3. The molecule has 0 aliphatic heterocycles. The van der Waals surface area contributed by atoms with Gasteiger partial charge >= 0.3 is 12.1 Å². The van der Waals surface area contributed by atoms with Gasteiger partial charge in [0.05, 0.1) is 10.6 Å². The number of carboxylic acids is 1. The van der Waals surface area contributed by atoms with Crippen LogP contribution in [0.2, 0.25) is 0 Å². The second-order valence-electron chi connectivity index (χ2n) is 13.9. The third kappa shape index (κ3) is 8.66. The van der Waals surface area contributed by atoms with Crippen molar-refractivity contribution in [3.63, 3.8) is 0 Å². The van der Waals surface area contributed by atoms with E-state index < -0.39 is 44.3 Å². The molecule has 3 aromatic rings. The minimum Gasteiger partial charge on any atom is -0.480 e. The van der Waals surface area contributed by atoms with Crippen LogP contribution in [0.15, 0.2) is 77.7 Å². The zero-order valence-electron chi connectivity index (χ0n) is 27.1. The third-order valence-electron chi connectivity index (χ3n) is 6.87. The average Bonchev–Trinajstić information content (AvgIpc) is 2.90. The van der Waals surface area contributed by atoms with Crippen LogP contribution in [0.1, 0.15) is 84.5 Å². The van der Waals surface area contributed by atoms with Gasteiger partial charge in [0.25, 0.3) is 0 Å². The van der Waals surface area contributed by atoms with Crippen LogP contribution in [0, 0.1) is 5.41 Å². The van der Waals surface area contributed by atoms with Crippen LogP contribution in [0.25, 0.3) is 0 Å². The molecule has 0 radical (unpaired) electrons. The quantitative estimate of drug-likeness (QED) is 0.264. The predicted octanol–water partition coefficient (Wildman–Crippen LogP) is 6.88. The average molecular weight is 624 g/mol. The number of anilines is 1. The Labute approximate surface area is 261 Å². The molecular weight excluding hydrogens is 578 g/mol. The first-order chi connectivity index (χ1) is 20.2. The number of benzene rings is 2. The number of pyridine rings is 1. The Morgan fingerprint density at radius 2 is 1.45 bits per heavy atom. The predicted molar refractivity (Wildman–Crippen MR) is 172 cm³/mol. The van der Waals surface area contributed by atoms with Gasteiger partial charge in [0, 0.05) is 6.54 Å². The van der Waals surface area contributed by atoms with Gasteiger partial charge in [-0.05, 0) is 67.0 Å². The van der Waals surface area contributed by atoms with E-state index >= 15 is 0 Å². The van der Waals surface area contributed by atoms with Crippen LogP contribution >= 0.6 is 0 Å². The van der Waals surface area contributed by atoms with Crippen molar-refractivity contribution in [2.75, 3.05) is 4.90 Å². The van der Waals surface area contributed by atoms with Crippen molar-refractivity contribution < 1.29 is 27.9 Å².